The molecule has 0 bridgehead atoms. The average Bonchev–Trinajstić information content (AvgIpc) is 2.44. The Hall–Kier alpha value is -2.08. The molecule has 2 heterocycles. The summed E-state index contributed by atoms with van der Waals surface area (Å²) >= 11 is 3.48. The Bertz CT molecular complexity index is 900. The molecule has 1 aromatic carbocycles. The third-order valence-corrected chi connectivity index (χ3v) is 3.92. The van der Waals surface area contributed by atoms with Gasteiger partial charge in [-0.25, -0.2) is 15.0 Å². The van der Waals surface area contributed by atoms with Crippen LogP contribution in [0.15, 0.2) is 33.8 Å². The highest BCUT2D eigenvalue weighted by atomic mass is 79.9. The van der Waals surface area contributed by atoms with Crippen molar-refractivity contribution in [3.05, 3.63) is 50.7 Å². The van der Waals surface area contributed by atoms with Crippen LogP contribution in [0, 0.1) is 13.8 Å². The second kappa shape index (κ2) is 5.04. The van der Waals surface area contributed by atoms with Crippen LogP contribution in [-0.2, 0) is 7.05 Å². The van der Waals surface area contributed by atoms with E-state index < -0.39 is 0 Å². The first-order valence-electron chi connectivity index (χ1n) is 6.43. The lowest BCUT2D eigenvalue weighted by Gasteiger charge is -2.10. The topological polar surface area (TPSA) is 60.7 Å². The standard InChI is InChI=1S/C15H13BrN4O/c1-8-4-11-13(12(16)5-8)19-14(20(3)15(11)21)10-6-17-9(2)18-7-10/h4-7H,1-3H3. The molecule has 0 amide bonds. The molecule has 0 aliphatic rings. The number of hydrogen-bond donors (Lipinski definition) is 0. The largest absolute Gasteiger partial charge is 0.295 e. The van der Waals surface area contributed by atoms with Crippen LogP contribution in [0.1, 0.15) is 11.4 Å². The van der Waals surface area contributed by atoms with Crippen molar-refractivity contribution < 1.29 is 0 Å². The highest BCUT2D eigenvalue weighted by molar-refractivity contribution is 9.10. The van der Waals surface area contributed by atoms with Crippen molar-refractivity contribution >= 4 is 26.8 Å². The molecule has 21 heavy (non-hydrogen) atoms. The Morgan fingerprint density at radius 3 is 2.48 bits per heavy atom. The summed E-state index contributed by atoms with van der Waals surface area (Å²) in [4.78, 5) is 25.5. The fourth-order valence-electron chi connectivity index (χ4n) is 2.24. The zero-order valence-corrected chi connectivity index (χ0v) is 13.5. The Morgan fingerprint density at radius 2 is 1.81 bits per heavy atom. The molecule has 3 aromatic rings. The summed E-state index contributed by atoms with van der Waals surface area (Å²) in [5, 5.41) is 0.598. The van der Waals surface area contributed by atoms with Crippen molar-refractivity contribution in [3.63, 3.8) is 0 Å². The van der Waals surface area contributed by atoms with E-state index in [-0.39, 0.29) is 5.56 Å². The van der Waals surface area contributed by atoms with E-state index >= 15 is 0 Å². The van der Waals surface area contributed by atoms with Gasteiger partial charge in [-0.1, -0.05) is 0 Å². The van der Waals surface area contributed by atoms with Gasteiger partial charge in [-0.3, -0.25) is 9.36 Å². The van der Waals surface area contributed by atoms with Crippen LogP contribution in [0.4, 0.5) is 0 Å². The quantitative estimate of drug-likeness (QED) is 0.680. The predicted octanol–water partition coefficient (Wildman–Crippen LogP) is 2.77. The number of halogens is 1. The summed E-state index contributed by atoms with van der Waals surface area (Å²) in [6.45, 7) is 3.77. The Kier molecular flexibility index (Phi) is 3.33. The van der Waals surface area contributed by atoms with Crippen molar-refractivity contribution in [2.75, 3.05) is 0 Å². The predicted molar refractivity (Wildman–Crippen MR) is 85.2 cm³/mol. The molecule has 3 rings (SSSR count). The summed E-state index contributed by atoms with van der Waals surface area (Å²) in [6.07, 6.45) is 3.36. The molecule has 2 aromatic heterocycles. The second-order valence-corrected chi connectivity index (χ2v) is 5.82. The van der Waals surface area contributed by atoms with Crippen molar-refractivity contribution in [1.82, 2.24) is 19.5 Å². The minimum atomic E-state index is -0.0834. The maximum atomic E-state index is 12.6. The van der Waals surface area contributed by atoms with Crippen LogP contribution in [0.5, 0.6) is 0 Å². The van der Waals surface area contributed by atoms with Crippen LogP contribution in [0.25, 0.3) is 22.3 Å². The molecular formula is C15H13BrN4O. The number of nitrogens with zero attached hydrogens (tertiary/aromatic N) is 4. The van der Waals surface area contributed by atoms with Crippen LogP contribution in [0.2, 0.25) is 0 Å². The Labute approximate surface area is 129 Å². The van der Waals surface area contributed by atoms with E-state index in [1.807, 2.05) is 26.0 Å². The number of rotatable bonds is 1. The summed E-state index contributed by atoms with van der Waals surface area (Å²) in [5.74, 6) is 1.23. The van der Waals surface area contributed by atoms with Gasteiger partial charge in [0, 0.05) is 23.9 Å². The van der Waals surface area contributed by atoms with Crippen molar-refractivity contribution in [2.24, 2.45) is 7.05 Å². The number of benzene rings is 1. The van der Waals surface area contributed by atoms with E-state index in [0.717, 1.165) is 15.6 Å². The van der Waals surface area contributed by atoms with Gasteiger partial charge in [-0.05, 0) is 47.5 Å². The Morgan fingerprint density at radius 1 is 1.14 bits per heavy atom. The third-order valence-electron chi connectivity index (χ3n) is 3.32. The van der Waals surface area contributed by atoms with Crippen molar-refractivity contribution in [1.29, 1.82) is 0 Å². The van der Waals surface area contributed by atoms with Crippen LogP contribution in [0.3, 0.4) is 0 Å². The maximum Gasteiger partial charge on any atom is 0.261 e. The molecule has 0 saturated carbocycles. The van der Waals surface area contributed by atoms with Gasteiger partial charge in [0.15, 0.2) is 0 Å². The smallest absolute Gasteiger partial charge is 0.261 e. The van der Waals surface area contributed by atoms with Gasteiger partial charge >= 0.3 is 0 Å². The zero-order valence-electron chi connectivity index (χ0n) is 11.9. The van der Waals surface area contributed by atoms with Gasteiger partial charge in [0.25, 0.3) is 5.56 Å². The SMILES string of the molecule is Cc1cc(Br)c2nc(-c3cnc(C)nc3)n(C)c(=O)c2c1. The van der Waals surface area contributed by atoms with E-state index in [9.17, 15) is 4.79 Å². The summed E-state index contributed by atoms with van der Waals surface area (Å²) in [5.41, 5.74) is 2.30. The molecule has 0 N–H and O–H groups in total. The highest BCUT2D eigenvalue weighted by Crippen LogP contribution is 2.24. The first-order valence-corrected chi connectivity index (χ1v) is 7.22. The summed E-state index contributed by atoms with van der Waals surface area (Å²) in [7, 11) is 1.71. The Balaban J connectivity index is 2.37. The molecule has 0 unspecified atom stereocenters. The molecule has 106 valence electrons. The first-order chi connectivity index (χ1) is 9.97. The first kappa shape index (κ1) is 13.9. The highest BCUT2D eigenvalue weighted by Gasteiger charge is 2.13. The van der Waals surface area contributed by atoms with Crippen LogP contribution in [-0.4, -0.2) is 19.5 Å². The fourth-order valence-corrected chi connectivity index (χ4v) is 2.90. The zero-order chi connectivity index (χ0) is 15.1. The molecule has 0 aliphatic heterocycles. The molecule has 0 aliphatic carbocycles. The monoisotopic (exact) mass is 344 g/mol. The lowest BCUT2D eigenvalue weighted by Crippen LogP contribution is -2.20. The minimum absolute atomic E-state index is 0.0834. The second-order valence-electron chi connectivity index (χ2n) is 4.96. The van der Waals surface area contributed by atoms with Crippen LogP contribution >= 0.6 is 15.9 Å². The van der Waals surface area contributed by atoms with Gasteiger partial charge in [-0.2, -0.15) is 0 Å². The van der Waals surface area contributed by atoms with Gasteiger partial charge < -0.3 is 0 Å². The van der Waals surface area contributed by atoms with Crippen molar-refractivity contribution in [2.45, 2.75) is 13.8 Å². The van der Waals surface area contributed by atoms with E-state index in [0.29, 0.717) is 22.6 Å². The molecule has 0 spiro atoms. The third kappa shape index (κ3) is 2.35. The van der Waals surface area contributed by atoms with E-state index in [2.05, 4.69) is 30.9 Å². The molecular weight excluding hydrogens is 332 g/mol. The van der Waals surface area contributed by atoms with Crippen LogP contribution < -0.4 is 5.56 Å². The lowest BCUT2D eigenvalue weighted by atomic mass is 10.1. The molecule has 0 fully saturated rings. The summed E-state index contributed by atoms with van der Waals surface area (Å²) < 4.78 is 2.34. The number of aromatic nitrogens is 4. The summed E-state index contributed by atoms with van der Waals surface area (Å²) in [6, 6.07) is 3.80. The number of aryl methyl sites for hydroxylation is 2. The van der Waals surface area contributed by atoms with E-state index in [1.54, 1.807) is 19.4 Å². The minimum Gasteiger partial charge on any atom is -0.295 e. The lowest BCUT2D eigenvalue weighted by molar-refractivity contribution is 0.851. The van der Waals surface area contributed by atoms with Gasteiger partial charge in [-0.15, -0.1) is 0 Å². The fraction of sp³-hybridized carbons (Fsp3) is 0.200. The van der Waals surface area contributed by atoms with Gasteiger partial charge in [0.1, 0.15) is 11.6 Å². The molecule has 0 radical (unpaired) electrons. The van der Waals surface area contributed by atoms with Crippen molar-refractivity contribution in [3.8, 4) is 11.4 Å². The maximum absolute atomic E-state index is 12.6. The normalized spacial score (nSPS) is 11.0. The van der Waals surface area contributed by atoms with E-state index in [1.165, 1.54) is 4.57 Å². The number of fused-ring (bicyclic) bond motifs is 1. The average molecular weight is 345 g/mol. The van der Waals surface area contributed by atoms with Gasteiger partial charge in [0.05, 0.1) is 16.5 Å². The molecule has 5 nitrogen and oxygen atoms in total. The molecule has 6 heteroatoms. The van der Waals surface area contributed by atoms with E-state index in [4.69, 9.17) is 0 Å². The molecule has 0 atom stereocenters. The molecule has 0 saturated heterocycles. The number of hydrogen-bond acceptors (Lipinski definition) is 4. The van der Waals surface area contributed by atoms with Gasteiger partial charge in [0.2, 0.25) is 0 Å².